The summed E-state index contributed by atoms with van der Waals surface area (Å²) in [5, 5.41) is 0. The molecule has 2 bridgehead atoms. The smallest absolute Gasteiger partial charge is 0.245 e. The maximum Gasteiger partial charge on any atom is 0.245 e. The normalized spacial score (nSPS) is 35.0. The standard InChI is InChI=1S/C23H29N3O2S/c1-23-15-20-19(14-17-8-4-3-5-9-17)26(22(23)12-6-11-21(23)25(20)2)29(27,28)18-10-7-13-24-16-18/h3-5,7-10,13,16,19-22H,6,11-12,14-15H2,1-2H3/t19-,20-,21-,22+,23-/m0/s1. The lowest BCUT2D eigenvalue weighted by atomic mass is 9.65. The number of aromatic nitrogens is 1. The molecule has 0 spiro atoms. The summed E-state index contributed by atoms with van der Waals surface area (Å²) in [5.74, 6) is 0. The molecule has 1 aromatic heterocycles. The molecule has 29 heavy (non-hydrogen) atoms. The number of likely N-dealkylation sites (N-methyl/N-ethyl adjacent to an activating group) is 1. The Morgan fingerprint density at radius 3 is 2.59 bits per heavy atom. The molecule has 5 atom stereocenters. The quantitative estimate of drug-likeness (QED) is 0.774. The van der Waals surface area contributed by atoms with Crippen LogP contribution in [0.1, 0.15) is 38.2 Å². The van der Waals surface area contributed by atoms with Crippen molar-refractivity contribution in [3.63, 3.8) is 0 Å². The number of sulfonamides is 1. The van der Waals surface area contributed by atoms with E-state index in [1.807, 2.05) is 22.5 Å². The molecule has 6 heteroatoms. The molecule has 1 saturated carbocycles. The number of likely N-dealkylation sites (tertiary alicyclic amines) is 1. The summed E-state index contributed by atoms with van der Waals surface area (Å²) in [5.41, 5.74) is 1.21. The van der Waals surface area contributed by atoms with Crippen LogP contribution in [0.2, 0.25) is 0 Å². The van der Waals surface area contributed by atoms with Crippen molar-refractivity contribution in [3.05, 3.63) is 60.4 Å². The van der Waals surface area contributed by atoms with Gasteiger partial charge in [-0.05, 0) is 50.4 Å². The van der Waals surface area contributed by atoms with Crippen molar-refractivity contribution in [1.82, 2.24) is 14.2 Å². The number of pyridine rings is 1. The number of hydrogen-bond acceptors (Lipinski definition) is 4. The van der Waals surface area contributed by atoms with Crippen molar-refractivity contribution in [3.8, 4) is 0 Å². The first-order valence-electron chi connectivity index (χ1n) is 10.6. The lowest BCUT2D eigenvalue weighted by Crippen LogP contribution is -2.62. The summed E-state index contributed by atoms with van der Waals surface area (Å²) in [6.07, 6.45) is 8.14. The second kappa shape index (κ2) is 6.89. The number of rotatable bonds is 4. The number of hydrogen-bond donors (Lipinski definition) is 0. The number of nitrogens with zero attached hydrogens (tertiary/aromatic N) is 3. The molecule has 0 N–H and O–H groups in total. The largest absolute Gasteiger partial charge is 0.298 e. The third-order valence-electron chi connectivity index (χ3n) is 7.72. The van der Waals surface area contributed by atoms with E-state index < -0.39 is 10.0 Å². The van der Waals surface area contributed by atoms with Gasteiger partial charge in [0.15, 0.2) is 0 Å². The minimum absolute atomic E-state index is 0.0140. The zero-order chi connectivity index (χ0) is 20.2. The van der Waals surface area contributed by atoms with Crippen LogP contribution < -0.4 is 0 Å². The number of fused-ring (bicyclic) bond motifs is 1. The lowest BCUT2D eigenvalue weighted by Gasteiger charge is -2.52. The zero-order valence-corrected chi connectivity index (χ0v) is 17.9. The van der Waals surface area contributed by atoms with Crippen LogP contribution in [0.3, 0.4) is 0 Å². The van der Waals surface area contributed by atoms with Crippen LogP contribution in [-0.2, 0) is 16.4 Å². The third-order valence-corrected chi connectivity index (χ3v) is 9.63. The molecule has 0 radical (unpaired) electrons. The zero-order valence-electron chi connectivity index (χ0n) is 17.1. The van der Waals surface area contributed by atoms with E-state index >= 15 is 0 Å². The second-order valence-corrected chi connectivity index (χ2v) is 11.0. The Balaban J connectivity index is 1.64. The first-order valence-corrected chi connectivity index (χ1v) is 12.1. The minimum Gasteiger partial charge on any atom is -0.298 e. The SMILES string of the molecule is CN1[C@H]2CCC[C@H]3N(S(=O)(=O)c4cccnc4)[C@@H](Cc4ccccc4)[C@@H]1C[C@@]23C. The molecule has 0 amide bonds. The number of piperidine rings is 1. The maximum atomic E-state index is 13.9. The van der Waals surface area contributed by atoms with E-state index in [4.69, 9.17) is 0 Å². The van der Waals surface area contributed by atoms with Crippen molar-refractivity contribution >= 4 is 10.0 Å². The lowest BCUT2D eigenvalue weighted by molar-refractivity contribution is 0.0340. The van der Waals surface area contributed by atoms with E-state index in [1.165, 1.54) is 18.2 Å². The molecule has 3 fully saturated rings. The molecule has 3 heterocycles. The van der Waals surface area contributed by atoms with Crippen molar-refractivity contribution in [2.75, 3.05) is 7.05 Å². The van der Waals surface area contributed by atoms with Gasteiger partial charge in [-0.1, -0.05) is 43.7 Å². The molecular formula is C23H29N3O2S. The second-order valence-electron chi connectivity index (χ2n) is 9.19. The van der Waals surface area contributed by atoms with Crippen molar-refractivity contribution < 1.29 is 8.42 Å². The van der Waals surface area contributed by atoms with Gasteiger partial charge in [-0.25, -0.2) is 8.42 Å². The Labute approximate surface area is 173 Å². The monoisotopic (exact) mass is 411 g/mol. The Kier molecular flexibility index (Phi) is 4.57. The third kappa shape index (κ3) is 2.87. The van der Waals surface area contributed by atoms with Gasteiger partial charge in [0.1, 0.15) is 4.90 Å². The summed E-state index contributed by atoms with van der Waals surface area (Å²) in [6.45, 7) is 2.32. The predicted octanol–water partition coefficient (Wildman–Crippen LogP) is 3.33. The maximum absolute atomic E-state index is 13.9. The van der Waals surface area contributed by atoms with E-state index in [0.29, 0.717) is 10.9 Å². The van der Waals surface area contributed by atoms with Crippen molar-refractivity contribution in [1.29, 1.82) is 0 Å². The molecule has 154 valence electrons. The van der Waals surface area contributed by atoms with Gasteiger partial charge in [0.25, 0.3) is 0 Å². The molecule has 2 saturated heterocycles. The van der Waals surface area contributed by atoms with Crippen LogP contribution in [0.4, 0.5) is 0 Å². The molecular weight excluding hydrogens is 382 g/mol. The van der Waals surface area contributed by atoms with Gasteiger partial charge in [-0.3, -0.25) is 9.88 Å². The van der Waals surface area contributed by atoms with Crippen LogP contribution in [0.5, 0.6) is 0 Å². The molecule has 3 aliphatic rings. The highest BCUT2D eigenvalue weighted by molar-refractivity contribution is 7.89. The van der Waals surface area contributed by atoms with Crippen LogP contribution in [0.25, 0.3) is 0 Å². The summed E-state index contributed by atoms with van der Waals surface area (Å²) < 4.78 is 29.7. The molecule has 2 aliphatic heterocycles. The van der Waals surface area contributed by atoms with E-state index in [2.05, 4.69) is 36.0 Å². The van der Waals surface area contributed by atoms with E-state index in [0.717, 1.165) is 25.7 Å². The first kappa shape index (κ1) is 19.2. The Morgan fingerprint density at radius 1 is 1.10 bits per heavy atom. The fourth-order valence-electron chi connectivity index (χ4n) is 6.43. The topological polar surface area (TPSA) is 53.5 Å². The van der Waals surface area contributed by atoms with Crippen LogP contribution in [-0.4, -0.2) is 53.8 Å². The minimum atomic E-state index is -3.63. The van der Waals surface area contributed by atoms with E-state index in [9.17, 15) is 8.42 Å². The van der Waals surface area contributed by atoms with Crippen molar-refractivity contribution in [2.45, 2.75) is 68.1 Å². The predicted molar refractivity (Wildman–Crippen MR) is 113 cm³/mol. The highest BCUT2D eigenvalue weighted by Crippen LogP contribution is 2.57. The van der Waals surface area contributed by atoms with Crippen LogP contribution >= 0.6 is 0 Å². The molecule has 5 rings (SSSR count). The Bertz CT molecular complexity index is 982. The van der Waals surface area contributed by atoms with Gasteiger partial charge in [0.2, 0.25) is 10.0 Å². The molecule has 2 aromatic rings. The first-order chi connectivity index (χ1) is 13.9. The average molecular weight is 412 g/mol. The highest BCUT2D eigenvalue weighted by atomic mass is 32.2. The summed E-state index contributed by atoms with van der Waals surface area (Å²) in [4.78, 5) is 6.92. The summed E-state index contributed by atoms with van der Waals surface area (Å²) in [6, 6.07) is 14.4. The van der Waals surface area contributed by atoms with E-state index in [1.54, 1.807) is 18.3 Å². The van der Waals surface area contributed by atoms with Gasteiger partial charge in [-0.15, -0.1) is 0 Å². The van der Waals surface area contributed by atoms with Gasteiger partial charge in [0, 0.05) is 42.0 Å². The summed E-state index contributed by atoms with van der Waals surface area (Å²) >= 11 is 0. The van der Waals surface area contributed by atoms with E-state index in [-0.39, 0.29) is 23.5 Å². The van der Waals surface area contributed by atoms with Gasteiger partial charge >= 0.3 is 0 Å². The Hall–Kier alpha value is -1.76. The van der Waals surface area contributed by atoms with Gasteiger partial charge in [0.05, 0.1) is 0 Å². The fraction of sp³-hybridized carbons (Fsp3) is 0.522. The molecule has 5 nitrogen and oxygen atoms in total. The average Bonchev–Trinajstić information content (AvgIpc) is 3.00. The van der Waals surface area contributed by atoms with Gasteiger partial charge < -0.3 is 0 Å². The fourth-order valence-corrected chi connectivity index (χ4v) is 8.37. The summed E-state index contributed by atoms with van der Waals surface area (Å²) in [7, 11) is -1.42. The van der Waals surface area contributed by atoms with Gasteiger partial charge in [-0.2, -0.15) is 4.31 Å². The van der Waals surface area contributed by atoms with Crippen LogP contribution in [0.15, 0.2) is 59.8 Å². The molecule has 1 aliphatic carbocycles. The molecule has 1 aromatic carbocycles. The molecule has 0 unspecified atom stereocenters. The number of benzene rings is 1. The van der Waals surface area contributed by atoms with Crippen molar-refractivity contribution in [2.24, 2.45) is 5.41 Å². The van der Waals surface area contributed by atoms with Crippen LogP contribution in [0, 0.1) is 5.41 Å². The highest BCUT2D eigenvalue weighted by Gasteiger charge is 2.64. The Morgan fingerprint density at radius 2 is 1.86 bits per heavy atom.